The molecule has 3 rings (SSSR count). The van der Waals surface area contributed by atoms with Crippen LogP contribution in [0.3, 0.4) is 0 Å². The monoisotopic (exact) mass is 413 g/mol. The van der Waals surface area contributed by atoms with Crippen LogP contribution in [0.1, 0.15) is 0 Å². The van der Waals surface area contributed by atoms with Gasteiger partial charge in [-0.1, -0.05) is 58.7 Å². The van der Waals surface area contributed by atoms with E-state index >= 15 is 0 Å². The Hall–Kier alpha value is -1.73. The Morgan fingerprint density at radius 2 is 1.88 bits per heavy atom. The second kappa shape index (κ2) is 8.10. The summed E-state index contributed by atoms with van der Waals surface area (Å²) in [6.45, 7) is 0. The molecule has 0 unspecified atom stereocenters. The van der Waals surface area contributed by atoms with E-state index < -0.39 is 0 Å². The number of carbonyl (C=O) groups excluding carboxylic acids is 1. The molecule has 25 heavy (non-hydrogen) atoms. The van der Waals surface area contributed by atoms with E-state index in [2.05, 4.69) is 15.5 Å². The van der Waals surface area contributed by atoms with Crippen molar-refractivity contribution in [3.8, 4) is 11.5 Å². The Bertz CT molecular complexity index is 917. The number of halogens is 3. The van der Waals surface area contributed by atoms with Gasteiger partial charge in [-0.15, -0.1) is 10.2 Å². The molecule has 1 amide bonds. The summed E-state index contributed by atoms with van der Waals surface area (Å²) >= 11 is 19.1. The lowest BCUT2D eigenvalue weighted by molar-refractivity contribution is -0.113. The molecule has 0 saturated heterocycles. The van der Waals surface area contributed by atoms with Crippen molar-refractivity contribution >= 4 is 58.2 Å². The summed E-state index contributed by atoms with van der Waals surface area (Å²) in [6, 6.07) is 12.0. The molecule has 0 aliphatic carbocycles. The van der Waals surface area contributed by atoms with Gasteiger partial charge < -0.3 is 9.73 Å². The van der Waals surface area contributed by atoms with Gasteiger partial charge in [0.15, 0.2) is 0 Å². The molecule has 1 heterocycles. The number of benzene rings is 2. The van der Waals surface area contributed by atoms with Crippen molar-refractivity contribution < 1.29 is 9.21 Å². The lowest BCUT2D eigenvalue weighted by atomic mass is 10.2. The van der Waals surface area contributed by atoms with Gasteiger partial charge in [0.25, 0.3) is 5.22 Å². The minimum Gasteiger partial charge on any atom is -0.411 e. The van der Waals surface area contributed by atoms with Crippen molar-refractivity contribution in [3.63, 3.8) is 0 Å². The van der Waals surface area contributed by atoms with Crippen molar-refractivity contribution in [2.75, 3.05) is 11.1 Å². The highest BCUT2D eigenvalue weighted by atomic mass is 35.5. The van der Waals surface area contributed by atoms with Crippen molar-refractivity contribution in [2.24, 2.45) is 0 Å². The van der Waals surface area contributed by atoms with Crippen LogP contribution in [0.25, 0.3) is 11.5 Å². The zero-order valence-corrected chi connectivity index (χ0v) is 15.6. The molecule has 0 atom stereocenters. The maximum absolute atomic E-state index is 12.0. The molecular weight excluding hydrogens is 405 g/mol. The molecule has 0 aliphatic rings. The SMILES string of the molecule is O=C(CSc1nnc(-c2ccc(Cl)cc2Cl)o1)Nc1ccccc1Cl. The Morgan fingerprint density at radius 1 is 1.08 bits per heavy atom. The summed E-state index contributed by atoms with van der Waals surface area (Å²) in [7, 11) is 0. The Kier molecular flexibility index (Phi) is 5.86. The molecule has 0 fully saturated rings. The zero-order valence-electron chi connectivity index (χ0n) is 12.5. The molecule has 5 nitrogen and oxygen atoms in total. The van der Waals surface area contributed by atoms with Gasteiger partial charge in [0.1, 0.15) is 0 Å². The fourth-order valence-electron chi connectivity index (χ4n) is 1.92. The summed E-state index contributed by atoms with van der Waals surface area (Å²) in [6.07, 6.45) is 0. The number of aromatic nitrogens is 2. The van der Waals surface area contributed by atoms with Gasteiger partial charge in [-0.05, 0) is 30.3 Å². The second-order valence-electron chi connectivity index (χ2n) is 4.81. The van der Waals surface area contributed by atoms with Crippen LogP contribution in [-0.4, -0.2) is 21.9 Å². The number of amides is 1. The van der Waals surface area contributed by atoms with Gasteiger partial charge in [0.05, 0.1) is 27.0 Å². The van der Waals surface area contributed by atoms with Gasteiger partial charge in [-0.2, -0.15) is 0 Å². The van der Waals surface area contributed by atoms with Crippen molar-refractivity contribution in [2.45, 2.75) is 5.22 Å². The second-order valence-corrected chi connectivity index (χ2v) is 6.99. The number of para-hydroxylation sites is 1. The van der Waals surface area contributed by atoms with E-state index in [9.17, 15) is 4.79 Å². The first kappa shape index (κ1) is 18.1. The lowest BCUT2D eigenvalue weighted by Crippen LogP contribution is -2.14. The number of nitrogens with one attached hydrogen (secondary N) is 1. The maximum atomic E-state index is 12.0. The summed E-state index contributed by atoms with van der Waals surface area (Å²) in [4.78, 5) is 12.0. The highest BCUT2D eigenvalue weighted by Gasteiger charge is 2.14. The van der Waals surface area contributed by atoms with Crippen LogP contribution in [0.4, 0.5) is 5.69 Å². The van der Waals surface area contributed by atoms with E-state index in [1.165, 1.54) is 0 Å². The summed E-state index contributed by atoms with van der Waals surface area (Å²) < 4.78 is 5.52. The van der Waals surface area contributed by atoms with Crippen LogP contribution in [0, 0.1) is 0 Å². The van der Waals surface area contributed by atoms with Gasteiger partial charge in [0, 0.05) is 5.02 Å². The molecule has 0 aliphatic heterocycles. The molecular formula is C16H10Cl3N3O2S. The molecule has 128 valence electrons. The minimum absolute atomic E-state index is 0.0984. The third kappa shape index (κ3) is 4.67. The summed E-state index contributed by atoms with van der Waals surface area (Å²) in [5.41, 5.74) is 1.12. The van der Waals surface area contributed by atoms with Crippen LogP contribution < -0.4 is 5.32 Å². The van der Waals surface area contributed by atoms with Gasteiger partial charge in [0.2, 0.25) is 11.8 Å². The fraction of sp³-hybridized carbons (Fsp3) is 0.0625. The van der Waals surface area contributed by atoms with E-state index in [-0.39, 0.29) is 22.8 Å². The third-order valence-corrected chi connectivity index (χ3v) is 4.74. The molecule has 0 saturated carbocycles. The number of thioether (sulfide) groups is 1. The van der Waals surface area contributed by atoms with Crippen molar-refractivity contribution in [3.05, 3.63) is 57.5 Å². The average molecular weight is 415 g/mol. The van der Waals surface area contributed by atoms with Crippen LogP contribution in [0.15, 0.2) is 52.1 Å². The van der Waals surface area contributed by atoms with E-state index in [1.54, 1.807) is 42.5 Å². The average Bonchev–Trinajstić information content (AvgIpc) is 3.04. The number of nitrogens with zero attached hydrogens (tertiary/aromatic N) is 2. The third-order valence-electron chi connectivity index (χ3n) is 3.04. The first-order chi connectivity index (χ1) is 12.0. The quantitative estimate of drug-likeness (QED) is 0.564. The number of anilines is 1. The molecule has 0 bridgehead atoms. The number of hydrogen-bond donors (Lipinski definition) is 1. The zero-order chi connectivity index (χ0) is 17.8. The Morgan fingerprint density at radius 3 is 2.64 bits per heavy atom. The first-order valence-corrected chi connectivity index (χ1v) is 9.11. The van der Waals surface area contributed by atoms with Gasteiger partial charge in [-0.3, -0.25) is 4.79 Å². The predicted molar refractivity (Wildman–Crippen MR) is 101 cm³/mol. The first-order valence-electron chi connectivity index (χ1n) is 6.99. The minimum atomic E-state index is -0.234. The van der Waals surface area contributed by atoms with Gasteiger partial charge in [-0.25, -0.2) is 0 Å². The molecule has 1 N–H and O–H groups in total. The number of hydrogen-bond acceptors (Lipinski definition) is 5. The highest BCUT2D eigenvalue weighted by Crippen LogP contribution is 2.31. The number of rotatable bonds is 5. The largest absolute Gasteiger partial charge is 0.411 e. The summed E-state index contributed by atoms with van der Waals surface area (Å²) in [5, 5.41) is 12.2. The molecule has 0 radical (unpaired) electrons. The standard InChI is InChI=1S/C16H10Cl3N3O2S/c17-9-5-6-10(12(19)7-9)15-21-22-16(24-15)25-8-14(23)20-13-4-2-1-3-11(13)18/h1-7H,8H2,(H,20,23). The van der Waals surface area contributed by atoms with E-state index in [0.29, 0.717) is 26.3 Å². The smallest absolute Gasteiger partial charge is 0.277 e. The lowest BCUT2D eigenvalue weighted by Gasteiger charge is -2.05. The highest BCUT2D eigenvalue weighted by molar-refractivity contribution is 7.99. The summed E-state index contributed by atoms with van der Waals surface area (Å²) in [5.74, 6) is 0.124. The Labute approximate surface area is 162 Å². The predicted octanol–water partition coefficient (Wildman–Crippen LogP) is 5.43. The fourth-order valence-corrected chi connectivity index (χ4v) is 3.15. The van der Waals surface area contributed by atoms with Crippen LogP contribution in [0.2, 0.25) is 15.1 Å². The Balaban J connectivity index is 1.62. The molecule has 9 heteroatoms. The maximum Gasteiger partial charge on any atom is 0.277 e. The van der Waals surface area contributed by atoms with Crippen molar-refractivity contribution in [1.29, 1.82) is 0 Å². The van der Waals surface area contributed by atoms with E-state index in [0.717, 1.165) is 11.8 Å². The number of carbonyl (C=O) groups is 1. The molecule has 1 aromatic heterocycles. The van der Waals surface area contributed by atoms with Crippen LogP contribution in [0.5, 0.6) is 0 Å². The van der Waals surface area contributed by atoms with Crippen LogP contribution >= 0.6 is 46.6 Å². The molecule has 2 aromatic carbocycles. The van der Waals surface area contributed by atoms with Crippen LogP contribution in [-0.2, 0) is 4.79 Å². The van der Waals surface area contributed by atoms with Crippen molar-refractivity contribution in [1.82, 2.24) is 10.2 Å². The normalized spacial score (nSPS) is 10.7. The van der Waals surface area contributed by atoms with E-state index in [1.807, 2.05) is 0 Å². The molecule has 0 spiro atoms. The van der Waals surface area contributed by atoms with E-state index in [4.69, 9.17) is 39.2 Å². The topological polar surface area (TPSA) is 68.0 Å². The molecule has 3 aromatic rings. The van der Waals surface area contributed by atoms with Gasteiger partial charge >= 0.3 is 0 Å².